The van der Waals surface area contributed by atoms with Gasteiger partial charge in [-0.3, -0.25) is 19.3 Å². The number of benzene rings is 1. The van der Waals surface area contributed by atoms with E-state index in [4.69, 9.17) is 10.5 Å². The first-order valence-corrected chi connectivity index (χ1v) is 8.53. The van der Waals surface area contributed by atoms with Crippen LogP contribution in [0.1, 0.15) is 23.2 Å². The Bertz CT molecular complexity index is 690. The maximum Gasteiger partial charge on any atom is 0.257 e. The summed E-state index contributed by atoms with van der Waals surface area (Å²) in [4.78, 5) is 39.3. The third-order valence-electron chi connectivity index (χ3n) is 4.36. The van der Waals surface area contributed by atoms with Gasteiger partial charge in [0.25, 0.3) is 5.91 Å². The Morgan fingerprint density at radius 3 is 2.69 bits per heavy atom. The molecule has 0 spiro atoms. The van der Waals surface area contributed by atoms with Gasteiger partial charge in [0.05, 0.1) is 25.1 Å². The van der Waals surface area contributed by atoms with Crippen molar-refractivity contribution in [2.24, 2.45) is 11.7 Å². The highest BCUT2D eigenvalue weighted by atomic mass is 16.5. The minimum atomic E-state index is -0.395. The quantitative estimate of drug-likeness (QED) is 0.768. The number of amides is 3. The van der Waals surface area contributed by atoms with Crippen LogP contribution in [0.15, 0.2) is 18.2 Å². The van der Waals surface area contributed by atoms with E-state index in [0.717, 1.165) is 19.4 Å². The second-order valence-corrected chi connectivity index (χ2v) is 6.64. The lowest BCUT2D eigenvalue weighted by Gasteiger charge is -2.31. The van der Waals surface area contributed by atoms with E-state index < -0.39 is 5.91 Å². The molecular weight excluding hydrogens is 336 g/mol. The summed E-state index contributed by atoms with van der Waals surface area (Å²) < 4.78 is 5.23. The largest absolute Gasteiger partial charge is 0.496 e. The lowest BCUT2D eigenvalue weighted by atomic mass is 9.97. The van der Waals surface area contributed by atoms with Gasteiger partial charge in [-0.05, 0) is 37.6 Å². The van der Waals surface area contributed by atoms with Crippen LogP contribution in [0.2, 0.25) is 0 Å². The minimum Gasteiger partial charge on any atom is -0.496 e. The monoisotopic (exact) mass is 362 g/mol. The molecule has 1 fully saturated rings. The molecule has 0 saturated carbocycles. The van der Waals surface area contributed by atoms with Gasteiger partial charge >= 0.3 is 0 Å². The fraction of sp³-hybridized carbons (Fsp3) is 0.500. The molecule has 0 bridgehead atoms. The number of hydrogen-bond donors (Lipinski definition) is 2. The average Bonchev–Trinajstić information content (AvgIpc) is 2.60. The number of hydrogen-bond acceptors (Lipinski definition) is 5. The predicted octanol–water partition coefficient (Wildman–Crippen LogP) is 0.533. The molecule has 3 amide bonds. The summed E-state index contributed by atoms with van der Waals surface area (Å²) in [6, 6.07) is 4.98. The van der Waals surface area contributed by atoms with Crippen molar-refractivity contribution < 1.29 is 19.1 Å². The molecule has 1 heterocycles. The highest BCUT2D eigenvalue weighted by Gasteiger charge is 2.27. The predicted molar refractivity (Wildman–Crippen MR) is 98.0 cm³/mol. The number of nitrogens with one attached hydrogen (secondary N) is 1. The molecule has 142 valence electrons. The molecule has 1 aliphatic rings. The first-order valence-electron chi connectivity index (χ1n) is 8.53. The highest BCUT2D eigenvalue weighted by Crippen LogP contribution is 2.25. The maximum atomic E-state index is 12.6. The molecule has 3 N–H and O–H groups in total. The van der Waals surface area contributed by atoms with Gasteiger partial charge < -0.3 is 20.7 Å². The Hall–Kier alpha value is -2.61. The highest BCUT2D eigenvalue weighted by molar-refractivity contribution is 5.99. The lowest BCUT2D eigenvalue weighted by Crippen LogP contribution is -2.44. The van der Waals surface area contributed by atoms with Gasteiger partial charge in [0.2, 0.25) is 11.8 Å². The summed E-state index contributed by atoms with van der Waals surface area (Å²) in [6.45, 7) is 1.42. The zero-order valence-corrected chi connectivity index (χ0v) is 15.4. The van der Waals surface area contributed by atoms with Gasteiger partial charge in [-0.2, -0.15) is 0 Å². The second kappa shape index (κ2) is 8.66. The Morgan fingerprint density at radius 2 is 2.08 bits per heavy atom. The molecule has 26 heavy (non-hydrogen) atoms. The van der Waals surface area contributed by atoms with Gasteiger partial charge in [-0.15, -0.1) is 0 Å². The Morgan fingerprint density at radius 1 is 1.35 bits per heavy atom. The summed E-state index contributed by atoms with van der Waals surface area (Å²) in [5.41, 5.74) is 6.15. The molecule has 8 nitrogen and oxygen atoms in total. The van der Waals surface area contributed by atoms with Gasteiger partial charge in [-0.1, -0.05) is 0 Å². The number of primary amides is 1. The van der Waals surface area contributed by atoms with E-state index in [1.807, 2.05) is 4.90 Å². The van der Waals surface area contributed by atoms with Crippen molar-refractivity contribution in [1.29, 1.82) is 0 Å². The average molecular weight is 362 g/mol. The summed E-state index contributed by atoms with van der Waals surface area (Å²) in [5.74, 6) is -0.505. The van der Waals surface area contributed by atoms with E-state index >= 15 is 0 Å². The number of likely N-dealkylation sites (tertiary alicyclic amines) is 1. The third kappa shape index (κ3) is 4.95. The van der Waals surface area contributed by atoms with E-state index in [-0.39, 0.29) is 24.3 Å². The number of piperidine rings is 1. The van der Waals surface area contributed by atoms with Crippen LogP contribution in [0, 0.1) is 5.92 Å². The molecule has 1 saturated heterocycles. The Labute approximate surface area is 153 Å². The minimum absolute atomic E-state index is 0.132. The molecule has 1 unspecified atom stereocenters. The summed E-state index contributed by atoms with van der Waals surface area (Å²) in [7, 11) is 4.81. The summed E-state index contributed by atoms with van der Waals surface area (Å²) in [6.07, 6.45) is 1.58. The van der Waals surface area contributed by atoms with E-state index in [1.165, 1.54) is 12.0 Å². The number of anilines is 1. The van der Waals surface area contributed by atoms with Crippen LogP contribution < -0.4 is 15.8 Å². The molecule has 1 aliphatic heterocycles. The molecule has 0 aliphatic carbocycles. The zero-order chi connectivity index (χ0) is 19.3. The van der Waals surface area contributed by atoms with Crippen molar-refractivity contribution in [2.45, 2.75) is 12.8 Å². The normalized spacial score (nSPS) is 17.4. The molecule has 1 aromatic rings. The van der Waals surface area contributed by atoms with Crippen LogP contribution in [0.3, 0.4) is 0 Å². The standard InChI is InChI=1S/C18H26N4O4/c1-21(2)18(25)14-9-13(6-7-15(14)26-3)20-17(24)12-5-4-8-22(10-12)11-16(19)23/h6-7,9,12H,4-5,8,10-11H2,1-3H3,(H2,19,23)(H,20,24). The zero-order valence-electron chi connectivity index (χ0n) is 15.4. The van der Waals surface area contributed by atoms with Crippen molar-refractivity contribution in [1.82, 2.24) is 9.80 Å². The molecular formula is C18H26N4O4. The van der Waals surface area contributed by atoms with Gasteiger partial charge in [0.15, 0.2) is 0 Å². The number of nitrogens with two attached hydrogens (primary N) is 1. The molecule has 2 rings (SSSR count). The van der Waals surface area contributed by atoms with E-state index in [9.17, 15) is 14.4 Å². The topological polar surface area (TPSA) is 105 Å². The number of methoxy groups -OCH3 is 1. The number of carbonyl (C=O) groups excluding carboxylic acids is 3. The fourth-order valence-corrected chi connectivity index (χ4v) is 3.07. The first kappa shape index (κ1) is 19.7. The van der Waals surface area contributed by atoms with E-state index in [1.54, 1.807) is 32.3 Å². The van der Waals surface area contributed by atoms with Crippen molar-refractivity contribution in [3.63, 3.8) is 0 Å². The van der Waals surface area contributed by atoms with Gasteiger partial charge in [-0.25, -0.2) is 0 Å². The number of rotatable bonds is 6. The maximum absolute atomic E-state index is 12.6. The summed E-state index contributed by atoms with van der Waals surface area (Å²) in [5, 5.41) is 2.86. The molecule has 1 atom stereocenters. The summed E-state index contributed by atoms with van der Waals surface area (Å²) >= 11 is 0. The van der Waals surface area contributed by atoms with Crippen molar-refractivity contribution in [2.75, 3.05) is 46.2 Å². The number of carbonyl (C=O) groups is 3. The molecule has 0 aromatic heterocycles. The van der Waals surface area contributed by atoms with Crippen LogP contribution in [-0.4, -0.2) is 68.4 Å². The molecule has 8 heteroatoms. The SMILES string of the molecule is COc1ccc(NC(=O)C2CCCN(CC(N)=O)C2)cc1C(=O)N(C)C. The fourth-order valence-electron chi connectivity index (χ4n) is 3.07. The first-order chi connectivity index (χ1) is 12.3. The van der Waals surface area contributed by atoms with Crippen LogP contribution in [0.5, 0.6) is 5.75 Å². The third-order valence-corrected chi connectivity index (χ3v) is 4.36. The van der Waals surface area contributed by atoms with Crippen LogP contribution in [-0.2, 0) is 9.59 Å². The smallest absolute Gasteiger partial charge is 0.257 e. The van der Waals surface area contributed by atoms with E-state index in [0.29, 0.717) is 23.5 Å². The second-order valence-electron chi connectivity index (χ2n) is 6.64. The Balaban J connectivity index is 2.10. The Kier molecular flexibility index (Phi) is 6.57. The number of ether oxygens (including phenoxy) is 1. The van der Waals surface area contributed by atoms with Crippen LogP contribution in [0.25, 0.3) is 0 Å². The van der Waals surface area contributed by atoms with Gasteiger partial charge in [0.1, 0.15) is 5.75 Å². The van der Waals surface area contributed by atoms with Crippen LogP contribution >= 0.6 is 0 Å². The van der Waals surface area contributed by atoms with Gasteiger partial charge in [0, 0.05) is 26.3 Å². The van der Waals surface area contributed by atoms with Crippen molar-refractivity contribution in [3.8, 4) is 5.75 Å². The van der Waals surface area contributed by atoms with Crippen molar-refractivity contribution in [3.05, 3.63) is 23.8 Å². The van der Waals surface area contributed by atoms with E-state index in [2.05, 4.69) is 5.32 Å². The van der Waals surface area contributed by atoms with Crippen LogP contribution in [0.4, 0.5) is 5.69 Å². The molecule has 1 aromatic carbocycles. The molecule has 0 radical (unpaired) electrons. The lowest BCUT2D eigenvalue weighted by molar-refractivity contribution is -0.124. The number of nitrogens with zero attached hydrogens (tertiary/aromatic N) is 2. The van der Waals surface area contributed by atoms with Crippen molar-refractivity contribution >= 4 is 23.4 Å².